The van der Waals surface area contributed by atoms with Gasteiger partial charge in [0.25, 0.3) is 11.7 Å². The highest BCUT2D eigenvalue weighted by Gasteiger charge is 2.45. The summed E-state index contributed by atoms with van der Waals surface area (Å²) in [6, 6.07) is 11.0. The molecule has 162 valence electrons. The maximum absolute atomic E-state index is 13.0. The van der Waals surface area contributed by atoms with Crippen LogP contribution >= 0.6 is 0 Å². The van der Waals surface area contributed by atoms with Gasteiger partial charge in [-0.1, -0.05) is 30.7 Å². The smallest absolute Gasteiger partial charge is 0.308 e. The SMILES string of the molecule is CCCN1C(=O)C(=O)/C(=C(/O)c2cc(C)ccc2OC)C1c1ccc(OC(C)=O)cc1. The quantitative estimate of drug-likeness (QED) is 0.250. The third-order valence-electron chi connectivity index (χ3n) is 5.07. The molecule has 1 saturated heterocycles. The molecule has 0 spiro atoms. The van der Waals surface area contributed by atoms with E-state index >= 15 is 0 Å². The number of amides is 1. The van der Waals surface area contributed by atoms with Crippen LogP contribution in [0.15, 0.2) is 48.0 Å². The summed E-state index contributed by atoms with van der Waals surface area (Å²) in [7, 11) is 1.47. The normalized spacial score (nSPS) is 17.7. The zero-order valence-electron chi connectivity index (χ0n) is 18.0. The lowest BCUT2D eigenvalue weighted by atomic mass is 9.94. The van der Waals surface area contributed by atoms with Crippen LogP contribution in [0.1, 0.15) is 43.0 Å². The van der Waals surface area contributed by atoms with Crippen LogP contribution in [0.25, 0.3) is 5.76 Å². The lowest BCUT2D eigenvalue weighted by molar-refractivity contribution is -0.139. The number of esters is 1. The number of Topliss-reactive ketones (excluding diaryl/α,β-unsaturated/α-hetero) is 1. The summed E-state index contributed by atoms with van der Waals surface area (Å²) < 4.78 is 10.4. The van der Waals surface area contributed by atoms with Gasteiger partial charge in [0.15, 0.2) is 0 Å². The number of ketones is 1. The van der Waals surface area contributed by atoms with E-state index in [1.807, 2.05) is 19.9 Å². The first-order valence-electron chi connectivity index (χ1n) is 10.00. The minimum absolute atomic E-state index is 0.00239. The zero-order valence-corrected chi connectivity index (χ0v) is 18.0. The number of carbonyl (C=O) groups excluding carboxylic acids is 3. The molecule has 1 unspecified atom stereocenters. The van der Waals surface area contributed by atoms with E-state index in [4.69, 9.17) is 9.47 Å². The summed E-state index contributed by atoms with van der Waals surface area (Å²) in [5, 5.41) is 11.2. The Bertz CT molecular complexity index is 1050. The molecule has 1 amide bonds. The molecule has 1 N–H and O–H groups in total. The topological polar surface area (TPSA) is 93.1 Å². The van der Waals surface area contributed by atoms with Crippen molar-refractivity contribution in [2.75, 3.05) is 13.7 Å². The van der Waals surface area contributed by atoms with E-state index in [1.54, 1.807) is 36.4 Å². The van der Waals surface area contributed by atoms with E-state index < -0.39 is 23.7 Å². The molecular formula is C24H25NO6. The molecule has 1 heterocycles. The van der Waals surface area contributed by atoms with Crippen molar-refractivity contribution in [2.24, 2.45) is 0 Å². The fraction of sp³-hybridized carbons (Fsp3) is 0.292. The van der Waals surface area contributed by atoms with Crippen LogP contribution in [0.5, 0.6) is 11.5 Å². The number of likely N-dealkylation sites (tertiary alicyclic amines) is 1. The van der Waals surface area contributed by atoms with Gasteiger partial charge in [-0.05, 0) is 43.2 Å². The molecule has 0 radical (unpaired) electrons. The van der Waals surface area contributed by atoms with Gasteiger partial charge >= 0.3 is 5.97 Å². The Morgan fingerprint density at radius 3 is 2.39 bits per heavy atom. The van der Waals surface area contributed by atoms with Crippen LogP contribution in [-0.2, 0) is 14.4 Å². The third kappa shape index (κ3) is 4.30. The van der Waals surface area contributed by atoms with Crippen molar-refractivity contribution in [3.8, 4) is 11.5 Å². The number of aryl methyl sites for hydroxylation is 1. The molecule has 0 aromatic heterocycles. The number of hydrogen-bond donors (Lipinski definition) is 1. The molecule has 1 fully saturated rings. The number of benzene rings is 2. The largest absolute Gasteiger partial charge is 0.507 e. The van der Waals surface area contributed by atoms with Crippen LogP contribution in [0.4, 0.5) is 0 Å². The minimum atomic E-state index is -0.767. The van der Waals surface area contributed by atoms with Crippen LogP contribution in [-0.4, -0.2) is 41.3 Å². The Labute approximate surface area is 180 Å². The highest BCUT2D eigenvalue weighted by atomic mass is 16.5. The summed E-state index contributed by atoms with van der Waals surface area (Å²) in [5.41, 5.74) is 1.84. The number of aliphatic hydroxyl groups is 1. The van der Waals surface area contributed by atoms with Crippen LogP contribution < -0.4 is 9.47 Å². The Kier molecular flexibility index (Phi) is 6.44. The van der Waals surface area contributed by atoms with Gasteiger partial charge in [0.05, 0.1) is 24.3 Å². The molecule has 1 atom stereocenters. The van der Waals surface area contributed by atoms with Gasteiger partial charge in [0, 0.05) is 13.5 Å². The van der Waals surface area contributed by atoms with Gasteiger partial charge in [0.1, 0.15) is 17.3 Å². The maximum atomic E-state index is 13.0. The van der Waals surface area contributed by atoms with Crippen LogP contribution in [0, 0.1) is 6.92 Å². The Balaban J connectivity index is 2.18. The molecular weight excluding hydrogens is 398 g/mol. The lowest BCUT2D eigenvalue weighted by Gasteiger charge is -2.25. The number of nitrogens with zero attached hydrogens (tertiary/aromatic N) is 1. The second-order valence-electron chi connectivity index (χ2n) is 7.36. The number of carbonyl (C=O) groups is 3. The van der Waals surface area contributed by atoms with E-state index in [2.05, 4.69) is 0 Å². The Morgan fingerprint density at radius 2 is 1.81 bits per heavy atom. The molecule has 2 aromatic rings. The van der Waals surface area contributed by atoms with Gasteiger partial charge in [-0.3, -0.25) is 14.4 Å². The van der Waals surface area contributed by atoms with Gasteiger partial charge in [0.2, 0.25) is 0 Å². The molecule has 1 aliphatic rings. The van der Waals surface area contributed by atoms with E-state index in [0.29, 0.717) is 35.6 Å². The van der Waals surface area contributed by atoms with Gasteiger partial charge < -0.3 is 19.5 Å². The monoisotopic (exact) mass is 423 g/mol. The number of aliphatic hydroxyl groups excluding tert-OH is 1. The molecule has 2 aromatic carbocycles. The minimum Gasteiger partial charge on any atom is -0.507 e. The van der Waals surface area contributed by atoms with Crippen LogP contribution in [0.3, 0.4) is 0 Å². The van der Waals surface area contributed by atoms with Gasteiger partial charge in [-0.2, -0.15) is 0 Å². The molecule has 31 heavy (non-hydrogen) atoms. The fourth-order valence-electron chi connectivity index (χ4n) is 3.73. The predicted molar refractivity (Wildman–Crippen MR) is 115 cm³/mol. The molecule has 0 bridgehead atoms. The number of methoxy groups -OCH3 is 1. The first-order chi connectivity index (χ1) is 14.8. The maximum Gasteiger partial charge on any atom is 0.308 e. The molecule has 7 nitrogen and oxygen atoms in total. The van der Waals surface area contributed by atoms with Crippen molar-refractivity contribution < 1.29 is 29.0 Å². The highest BCUT2D eigenvalue weighted by molar-refractivity contribution is 6.46. The first kappa shape index (κ1) is 22.1. The standard InChI is InChI=1S/C24H25NO6/c1-5-12-25-21(16-7-9-17(10-8-16)31-15(3)26)20(23(28)24(25)29)22(27)18-13-14(2)6-11-19(18)30-4/h6-11,13,21,27H,5,12H2,1-4H3/b22-20+. The average Bonchev–Trinajstić information content (AvgIpc) is 2.98. The van der Waals surface area contributed by atoms with Crippen molar-refractivity contribution in [1.82, 2.24) is 4.90 Å². The Hall–Kier alpha value is -3.61. The number of ether oxygens (including phenoxy) is 2. The van der Waals surface area contributed by atoms with Gasteiger partial charge in [-0.25, -0.2) is 0 Å². The van der Waals surface area contributed by atoms with E-state index in [0.717, 1.165) is 5.56 Å². The highest BCUT2D eigenvalue weighted by Crippen LogP contribution is 2.41. The third-order valence-corrected chi connectivity index (χ3v) is 5.07. The molecule has 7 heteroatoms. The van der Waals surface area contributed by atoms with Gasteiger partial charge in [-0.15, -0.1) is 0 Å². The van der Waals surface area contributed by atoms with Crippen molar-refractivity contribution in [1.29, 1.82) is 0 Å². The summed E-state index contributed by atoms with van der Waals surface area (Å²) in [5.74, 6) is -1.40. The summed E-state index contributed by atoms with van der Waals surface area (Å²) >= 11 is 0. The second-order valence-corrected chi connectivity index (χ2v) is 7.36. The zero-order chi connectivity index (χ0) is 22.7. The predicted octanol–water partition coefficient (Wildman–Crippen LogP) is 3.76. The second kappa shape index (κ2) is 9.04. The molecule has 0 aliphatic carbocycles. The average molecular weight is 423 g/mol. The summed E-state index contributed by atoms with van der Waals surface area (Å²) in [6.07, 6.45) is 0.642. The van der Waals surface area contributed by atoms with Crippen molar-refractivity contribution in [2.45, 2.75) is 33.2 Å². The number of rotatable bonds is 6. The molecule has 3 rings (SSSR count). The fourth-order valence-corrected chi connectivity index (χ4v) is 3.73. The molecule has 1 aliphatic heterocycles. The Morgan fingerprint density at radius 1 is 1.13 bits per heavy atom. The van der Waals surface area contributed by atoms with Crippen molar-refractivity contribution in [3.05, 3.63) is 64.7 Å². The van der Waals surface area contributed by atoms with Crippen LogP contribution in [0.2, 0.25) is 0 Å². The van der Waals surface area contributed by atoms with E-state index in [9.17, 15) is 19.5 Å². The summed E-state index contributed by atoms with van der Waals surface area (Å²) in [4.78, 5) is 38.4. The van der Waals surface area contributed by atoms with Crippen molar-refractivity contribution in [3.63, 3.8) is 0 Å². The molecule has 0 saturated carbocycles. The lowest BCUT2D eigenvalue weighted by Crippen LogP contribution is -2.30. The van der Waals surface area contributed by atoms with E-state index in [-0.39, 0.29) is 11.3 Å². The first-order valence-corrected chi connectivity index (χ1v) is 10.00. The summed E-state index contributed by atoms with van der Waals surface area (Å²) in [6.45, 7) is 5.42. The van der Waals surface area contributed by atoms with Crippen molar-refractivity contribution >= 4 is 23.4 Å². The van der Waals surface area contributed by atoms with E-state index in [1.165, 1.54) is 18.9 Å². The number of hydrogen-bond acceptors (Lipinski definition) is 6.